The number of aromatic nitrogens is 2. The molecule has 8 N–H and O–H groups in total. The number of carboxylic acid groups (broad SMARTS) is 2. The maximum Gasteiger partial charge on any atom is 0.328 e. The van der Waals surface area contributed by atoms with Crippen molar-refractivity contribution in [2.24, 2.45) is 5.73 Å². The molecule has 1 aromatic heterocycles. The van der Waals surface area contributed by atoms with E-state index in [-0.39, 0.29) is 24.6 Å². The molecule has 0 aliphatic carbocycles. The van der Waals surface area contributed by atoms with Crippen LogP contribution >= 0.6 is 0 Å². The van der Waals surface area contributed by atoms with Crippen molar-refractivity contribution in [2.45, 2.75) is 44.0 Å². The molecule has 1 heterocycles. The van der Waals surface area contributed by atoms with E-state index in [1.54, 1.807) is 0 Å². The number of carbonyl (C=O) groups excluding carboxylic acids is 1. The second kappa shape index (κ2) is 9.65. The summed E-state index contributed by atoms with van der Waals surface area (Å²) in [6.07, 6.45) is -1.85. The highest BCUT2D eigenvalue weighted by molar-refractivity contribution is 5.83. The van der Waals surface area contributed by atoms with Crippen LogP contribution in [0.4, 0.5) is 4.79 Å². The molecule has 0 saturated carbocycles. The first-order chi connectivity index (χ1) is 12.1. The van der Waals surface area contributed by atoms with E-state index >= 15 is 0 Å². The highest BCUT2D eigenvalue weighted by atomic mass is 16.5. The summed E-state index contributed by atoms with van der Waals surface area (Å²) in [5.41, 5.74) is 5.54. The standard InChI is InChI=1S/C13H21N5O8/c1-5(20)9(12(23)24)16-13(25)15-7(2-3-8(21)22)11-17-10(18-26-11)6(14)4-19/h5-7,9,19-20H,2-4,14H2,1H3,(H,21,22)(H,23,24)(H2,15,16,25). The van der Waals surface area contributed by atoms with Gasteiger partial charge in [-0.1, -0.05) is 5.16 Å². The molecule has 146 valence electrons. The van der Waals surface area contributed by atoms with Gasteiger partial charge in [0.25, 0.3) is 0 Å². The van der Waals surface area contributed by atoms with Crippen molar-refractivity contribution in [2.75, 3.05) is 6.61 Å². The van der Waals surface area contributed by atoms with Gasteiger partial charge in [-0.05, 0) is 13.3 Å². The van der Waals surface area contributed by atoms with Gasteiger partial charge >= 0.3 is 18.0 Å². The molecule has 0 bridgehead atoms. The molecular weight excluding hydrogens is 354 g/mol. The van der Waals surface area contributed by atoms with Crippen LogP contribution in [0.1, 0.15) is 43.6 Å². The zero-order valence-electron chi connectivity index (χ0n) is 13.8. The molecule has 0 saturated heterocycles. The third-order valence-corrected chi connectivity index (χ3v) is 3.27. The lowest BCUT2D eigenvalue weighted by atomic mass is 10.1. The Kier molecular flexibility index (Phi) is 7.89. The molecule has 13 nitrogen and oxygen atoms in total. The Morgan fingerprint density at radius 2 is 1.92 bits per heavy atom. The molecule has 1 rings (SSSR count). The van der Waals surface area contributed by atoms with Crippen molar-refractivity contribution in [3.05, 3.63) is 11.7 Å². The number of carbonyl (C=O) groups is 3. The molecule has 0 aromatic carbocycles. The summed E-state index contributed by atoms with van der Waals surface area (Å²) >= 11 is 0. The largest absolute Gasteiger partial charge is 0.481 e. The summed E-state index contributed by atoms with van der Waals surface area (Å²) < 4.78 is 4.93. The van der Waals surface area contributed by atoms with Crippen LogP contribution in [0.2, 0.25) is 0 Å². The minimum atomic E-state index is -1.57. The first kappa shape index (κ1) is 21.3. The maximum atomic E-state index is 12.0. The second-order valence-electron chi connectivity index (χ2n) is 5.44. The van der Waals surface area contributed by atoms with Crippen LogP contribution in [-0.2, 0) is 9.59 Å². The molecule has 2 amide bonds. The lowest BCUT2D eigenvalue weighted by Gasteiger charge is -2.20. The Labute approximate surface area is 147 Å². The van der Waals surface area contributed by atoms with E-state index < -0.39 is 48.8 Å². The van der Waals surface area contributed by atoms with Gasteiger partial charge in [-0.2, -0.15) is 4.98 Å². The highest BCUT2D eigenvalue weighted by Gasteiger charge is 2.28. The molecule has 1 aromatic rings. The van der Waals surface area contributed by atoms with Gasteiger partial charge in [-0.3, -0.25) is 4.79 Å². The van der Waals surface area contributed by atoms with Crippen LogP contribution in [-0.4, -0.2) is 67.3 Å². The van der Waals surface area contributed by atoms with Crippen molar-refractivity contribution in [3.8, 4) is 0 Å². The van der Waals surface area contributed by atoms with E-state index in [2.05, 4.69) is 15.5 Å². The first-order valence-corrected chi connectivity index (χ1v) is 7.55. The number of nitrogens with two attached hydrogens (primary N) is 1. The van der Waals surface area contributed by atoms with Gasteiger partial charge in [-0.25, -0.2) is 9.59 Å². The maximum absolute atomic E-state index is 12.0. The Balaban J connectivity index is 2.89. The van der Waals surface area contributed by atoms with Gasteiger partial charge in [-0.15, -0.1) is 0 Å². The van der Waals surface area contributed by atoms with Crippen molar-refractivity contribution in [1.29, 1.82) is 0 Å². The molecular formula is C13H21N5O8. The molecule has 0 radical (unpaired) electrons. The van der Waals surface area contributed by atoms with Gasteiger partial charge in [0.1, 0.15) is 6.04 Å². The summed E-state index contributed by atoms with van der Waals surface area (Å²) in [6, 6.07) is -4.54. The molecule has 4 unspecified atom stereocenters. The first-order valence-electron chi connectivity index (χ1n) is 7.55. The van der Waals surface area contributed by atoms with E-state index in [0.29, 0.717) is 0 Å². The summed E-state index contributed by atoms with van der Waals surface area (Å²) in [7, 11) is 0. The topological polar surface area (TPSA) is 221 Å². The van der Waals surface area contributed by atoms with Crippen LogP contribution in [0.15, 0.2) is 4.52 Å². The van der Waals surface area contributed by atoms with Crippen molar-refractivity contribution in [3.63, 3.8) is 0 Å². The molecule has 0 spiro atoms. The number of amides is 2. The van der Waals surface area contributed by atoms with Gasteiger partial charge in [0.2, 0.25) is 5.89 Å². The van der Waals surface area contributed by atoms with Gasteiger partial charge in [0, 0.05) is 6.42 Å². The van der Waals surface area contributed by atoms with Crippen LogP contribution in [0.5, 0.6) is 0 Å². The van der Waals surface area contributed by atoms with E-state index in [1.165, 1.54) is 6.92 Å². The van der Waals surface area contributed by atoms with E-state index in [4.69, 9.17) is 25.6 Å². The fourth-order valence-electron chi connectivity index (χ4n) is 1.88. The predicted molar refractivity (Wildman–Crippen MR) is 82.7 cm³/mol. The Hall–Kier alpha value is -2.77. The number of urea groups is 1. The summed E-state index contributed by atoms with van der Waals surface area (Å²) in [4.78, 5) is 37.7. The second-order valence-corrected chi connectivity index (χ2v) is 5.44. The number of aliphatic hydroxyl groups excluding tert-OH is 2. The van der Waals surface area contributed by atoms with Crippen molar-refractivity contribution < 1.29 is 39.3 Å². The van der Waals surface area contributed by atoms with Crippen molar-refractivity contribution >= 4 is 18.0 Å². The fraction of sp³-hybridized carbons (Fsp3) is 0.615. The zero-order chi connectivity index (χ0) is 19.9. The third-order valence-electron chi connectivity index (χ3n) is 3.27. The van der Waals surface area contributed by atoms with Gasteiger partial charge < -0.3 is 41.3 Å². The van der Waals surface area contributed by atoms with E-state index in [0.717, 1.165) is 0 Å². The average Bonchev–Trinajstić information content (AvgIpc) is 3.04. The number of hydrogen-bond donors (Lipinski definition) is 7. The van der Waals surface area contributed by atoms with Crippen LogP contribution in [0.3, 0.4) is 0 Å². The Morgan fingerprint density at radius 1 is 1.27 bits per heavy atom. The Morgan fingerprint density at radius 3 is 2.42 bits per heavy atom. The number of carboxylic acids is 2. The summed E-state index contributed by atoms with van der Waals surface area (Å²) in [5, 5.41) is 44.0. The smallest absolute Gasteiger partial charge is 0.328 e. The summed E-state index contributed by atoms with van der Waals surface area (Å²) in [6.45, 7) is 0.725. The van der Waals surface area contributed by atoms with Crippen molar-refractivity contribution in [1.82, 2.24) is 20.8 Å². The number of hydrogen-bond acceptors (Lipinski definition) is 9. The van der Waals surface area contributed by atoms with E-state index in [1.807, 2.05) is 5.32 Å². The predicted octanol–water partition coefficient (Wildman–Crippen LogP) is -1.90. The zero-order valence-corrected chi connectivity index (χ0v) is 13.8. The van der Waals surface area contributed by atoms with Gasteiger partial charge in [0.05, 0.1) is 18.8 Å². The molecule has 0 fully saturated rings. The molecule has 4 atom stereocenters. The number of aliphatic hydroxyl groups is 2. The fourth-order valence-corrected chi connectivity index (χ4v) is 1.88. The third kappa shape index (κ3) is 6.27. The molecule has 26 heavy (non-hydrogen) atoms. The number of nitrogens with one attached hydrogen (secondary N) is 2. The number of rotatable bonds is 10. The van der Waals surface area contributed by atoms with E-state index in [9.17, 15) is 19.5 Å². The molecule has 0 aliphatic heterocycles. The monoisotopic (exact) mass is 375 g/mol. The Bertz CT molecular complexity index is 634. The normalized spacial score (nSPS) is 15.5. The summed E-state index contributed by atoms with van der Waals surface area (Å²) in [5.74, 6) is -2.80. The molecule has 0 aliphatic rings. The number of aliphatic carboxylic acids is 2. The van der Waals surface area contributed by atoms with Crippen LogP contribution in [0.25, 0.3) is 0 Å². The average molecular weight is 375 g/mol. The molecule has 13 heteroatoms. The SMILES string of the molecule is CC(O)C(NC(=O)NC(CCC(=O)O)c1nc(C(N)CO)no1)C(=O)O. The minimum Gasteiger partial charge on any atom is -0.481 e. The van der Waals surface area contributed by atoms with Crippen LogP contribution in [0, 0.1) is 0 Å². The van der Waals surface area contributed by atoms with Gasteiger partial charge in [0.15, 0.2) is 11.9 Å². The quantitative estimate of drug-likeness (QED) is 0.239. The van der Waals surface area contributed by atoms with Crippen LogP contribution < -0.4 is 16.4 Å². The lowest BCUT2D eigenvalue weighted by Crippen LogP contribution is -2.51. The minimum absolute atomic E-state index is 0.0440. The lowest BCUT2D eigenvalue weighted by molar-refractivity contribution is -0.141. The number of nitrogens with zero attached hydrogens (tertiary/aromatic N) is 2. The highest BCUT2D eigenvalue weighted by Crippen LogP contribution is 2.18.